The molecular formula is C20H20ClN3O2. The number of aryl methyl sites for hydroxylation is 1. The van der Waals surface area contributed by atoms with Crippen molar-refractivity contribution < 1.29 is 9.53 Å². The van der Waals surface area contributed by atoms with Crippen molar-refractivity contribution in [3.8, 4) is 5.75 Å². The number of benzene rings is 1. The number of hydrogen-bond donors (Lipinski definition) is 0. The Hall–Kier alpha value is -2.79. The van der Waals surface area contributed by atoms with Crippen LogP contribution in [0, 0.1) is 6.92 Å². The molecule has 5 nitrogen and oxygen atoms in total. The molecule has 2 heterocycles. The van der Waals surface area contributed by atoms with E-state index < -0.39 is 0 Å². The van der Waals surface area contributed by atoms with Crippen molar-refractivity contribution in [2.75, 3.05) is 14.2 Å². The van der Waals surface area contributed by atoms with Gasteiger partial charge in [0.15, 0.2) is 5.15 Å². The molecule has 0 unspecified atom stereocenters. The minimum Gasteiger partial charge on any atom is -0.496 e. The topological polar surface area (TPSA) is 46.8 Å². The van der Waals surface area contributed by atoms with Gasteiger partial charge in [-0.1, -0.05) is 35.4 Å². The fourth-order valence-corrected chi connectivity index (χ4v) is 3.02. The lowest BCUT2D eigenvalue weighted by Crippen LogP contribution is -2.24. The number of hydrogen-bond acceptors (Lipinski definition) is 3. The maximum Gasteiger partial charge on any atom is 0.246 e. The molecule has 0 spiro atoms. The van der Waals surface area contributed by atoms with E-state index in [1.165, 1.54) is 6.08 Å². The van der Waals surface area contributed by atoms with Crippen LogP contribution in [0.3, 0.4) is 0 Å². The zero-order valence-electron chi connectivity index (χ0n) is 14.9. The summed E-state index contributed by atoms with van der Waals surface area (Å²) in [6.45, 7) is 2.46. The average Bonchev–Trinajstić information content (AvgIpc) is 2.95. The van der Waals surface area contributed by atoms with Crippen LogP contribution in [0.15, 0.2) is 48.7 Å². The van der Waals surface area contributed by atoms with E-state index in [0.29, 0.717) is 17.4 Å². The molecule has 6 heteroatoms. The highest BCUT2D eigenvalue weighted by atomic mass is 35.5. The van der Waals surface area contributed by atoms with Gasteiger partial charge >= 0.3 is 0 Å². The van der Waals surface area contributed by atoms with Gasteiger partial charge in [0, 0.05) is 31.4 Å². The highest BCUT2D eigenvalue weighted by molar-refractivity contribution is 6.31. The summed E-state index contributed by atoms with van der Waals surface area (Å²) in [4.78, 5) is 18.4. The molecule has 2 aromatic heterocycles. The molecule has 0 N–H and O–H groups in total. The first-order valence-electron chi connectivity index (χ1n) is 8.19. The summed E-state index contributed by atoms with van der Waals surface area (Å²) in [5.41, 5.74) is 3.50. The number of nitrogens with zero attached hydrogens (tertiary/aromatic N) is 3. The molecule has 0 fully saturated rings. The molecule has 0 aliphatic rings. The Morgan fingerprint density at radius 3 is 2.92 bits per heavy atom. The van der Waals surface area contributed by atoms with Crippen molar-refractivity contribution in [3.05, 3.63) is 70.6 Å². The number of likely N-dealkylation sites (N-methyl/N-ethyl adjacent to an activating group) is 1. The normalized spacial score (nSPS) is 11.2. The summed E-state index contributed by atoms with van der Waals surface area (Å²) in [6, 6.07) is 11.6. The van der Waals surface area contributed by atoms with Crippen molar-refractivity contribution in [2.45, 2.75) is 13.5 Å². The zero-order chi connectivity index (χ0) is 18.7. The van der Waals surface area contributed by atoms with E-state index in [0.717, 1.165) is 22.5 Å². The lowest BCUT2D eigenvalue weighted by atomic mass is 10.1. The van der Waals surface area contributed by atoms with Crippen LogP contribution >= 0.6 is 11.6 Å². The second kappa shape index (κ2) is 7.62. The van der Waals surface area contributed by atoms with Gasteiger partial charge in [0.2, 0.25) is 5.91 Å². The van der Waals surface area contributed by atoms with E-state index in [9.17, 15) is 4.79 Å². The number of fused-ring (bicyclic) bond motifs is 1. The summed E-state index contributed by atoms with van der Waals surface area (Å²) in [5, 5.41) is 0.364. The first kappa shape index (κ1) is 18.0. The number of pyridine rings is 1. The molecule has 0 atom stereocenters. The van der Waals surface area contributed by atoms with Crippen LogP contribution in [0.2, 0.25) is 5.15 Å². The predicted molar refractivity (Wildman–Crippen MR) is 103 cm³/mol. The van der Waals surface area contributed by atoms with Crippen LogP contribution in [0.4, 0.5) is 0 Å². The van der Waals surface area contributed by atoms with Gasteiger partial charge in [0.1, 0.15) is 11.4 Å². The fraction of sp³-hybridized carbons (Fsp3) is 0.200. The van der Waals surface area contributed by atoms with E-state index in [-0.39, 0.29) is 5.91 Å². The maximum atomic E-state index is 12.5. The molecule has 26 heavy (non-hydrogen) atoms. The molecule has 0 saturated carbocycles. The SMILES string of the molecule is COc1ccc(C)cc1CN(C)C(=O)/C=C/c1c(Cl)nc2ccccn12. The zero-order valence-corrected chi connectivity index (χ0v) is 15.7. The number of methoxy groups -OCH3 is 1. The van der Waals surface area contributed by atoms with Crippen molar-refractivity contribution in [3.63, 3.8) is 0 Å². The standard InChI is InChI=1S/C20H20ClN3O2/c1-14-7-9-17(26-3)15(12-14)13-23(2)19(25)10-8-16-20(21)22-18-6-4-5-11-24(16)18/h4-12H,13H2,1-3H3/b10-8+. The molecule has 1 amide bonds. The first-order valence-corrected chi connectivity index (χ1v) is 8.56. The minimum atomic E-state index is -0.129. The summed E-state index contributed by atoms with van der Waals surface area (Å²) in [6.07, 6.45) is 5.05. The van der Waals surface area contributed by atoms with Crippen LogP contribution < -0.4 is 4.74 Å². The summed E-state index contributed by atoms with van der Waals surface area (Å²) in [5.74, 6) is 0.638. The lowest BCUT2D eigenvalue weighted by Gasteiger charge is -2.17. The molecule has 0 aliphatic heterocycles. The van der Waals surface area contributed by atoms with Crippen LogP contribution in [-0.4, -0.2) is 34.3 Å². The van der Waals surface area contributed by atoms with E-state index in [2.05, 4.69) is 4.98 Å². The second-order valence-corrected chi connectivity index (χ2v) is 6.42. The van der Waals surface area contributed by atoms with E-state index >= 15 is 0 Å². The molecule has 0 aliphatic carbocycles. The molecular weight excluding hydrogens is 350 g/mol. The van der Waals surface area contributed by atoms with Crippen molar-refractivity contribution in [1.82, 2.24) is 14.3 Å². The van der Waals surface area contributed by atoms with Gasteiger partial charge in [0.05, 0.1) is 12.8 Å². The van der Waals surface area contributed by atoms with Gasteiger partial charge in [-0.2, -0.15) is 0 Å². The van der Waals surface area contributed by atoms with Crippen molar-refractivity contribution in [2.24, 2.45) is 0 Å². The first-order chi connectivity index (χ1) is 12.5. The summed E-state index contributed by atoms with van der Waals surface area (Å²) in [7, 11) is 3.38. The number of carbonyl (C=O) groups excluding carboxylic acids is 1. The quantitative estimate of drug-likeness (QED) is 0.639. The number of amides is 1. The molecule has 0 radical (unpaired) electrons. The lowest BCUT2D eigenvalue weighted by molar-refractivity contribution is -0.125. The van der Waals surface area contributed by atoms with Crippen LogP contribution in [-0.2, 0) is 11.3 Å². The smallest absolute Gasteiger partial charge is 0.246 e. The molecule has 0 saturated heterocycles. The van der Waals surface area contributed by atoms with Crippen molar-refractivity contribution >= 4 is 29.2 Å². The molecule has 0 bridgehead atoms. The third kappa shape index (κ3) is 3.73. The van der Waals surface area contributed by atoms with Gasteiger partial charge in [-0.15, -0.1) is 0 Å². The van der Waals surface area contributed by atoms with Gasteiger partial charge in [-0.25, -0.2) is 4.98 Å². The summed E-state index contributed by atoms with van der Waals surface area (Å²) < 4.78 is 7.22. The Bertz CT molecular complexity index is 978. The Kier molecular flexibility index (Phi) is 5.28. The third-order valence-corrected chi connectivity index (χ3v) is 4.40. The van der Waals surface area contributed by atoms with E-state index in [1.54, 1.807) is 25.1 Å². The number of aromatic nitrogens is 2. The van der Waals surface area contributed by atoms with Gasteiger partial charge in [-0.3, -0.25) is 9.20 Å². The monoisotopic (exact) mass is 369 g/mol. The van der Waals surface area contributed by atoms with Crippen LogP contribution in [0.25, 0.3) is 11.7 Å². The van der Waals surface area contributed by atoms with E-state index in [1.807, 2.05) is 53.9 Å². The number of rotatable bonds is 5. The predicted octanol–water partition coefficient (Wildman–Crippen LogP) is 3.98. The van der Waals surface area contributed by atoms with Crippen LogP contribution in [0.5, 0.6) is 5.75 Å². The third-order valence-electron chi connectivity index (χ3n) is 4.13. The molecule has 134 valence electrons. The second-order valence-electron chi connectivity index (χ2n) is 6.06. The maximum absolute atomic E-state index is 12.5. The highest BCUT2D eigenvalue weighted by Gasteiger charge is 2.12. The Balaban J connectivity index is 1.78. The molecule has 3 aromatic rings. The van der Waals surface area contributed by atoms with Crippen molar-refractivity contribution in [1.29, 1.82) is 0 Å². The number of imidazole rings is 1. The van der Waals surface area contributed by atoms with Gasteiger partial charge in [-0.05, 0) is 31.2 Å². The number of ether oxygens (including phenoxy) is 1. The van der Waals surface area contributed by atoms with Gasteiger partial charge < -0.3 is 9.64 Å². The average molecular weight is 370 g/mol. The molecule has 3 rings (SSSR count). The summed E-state index contributed by atoms with van der Waals surface area (Å²) >= 11 is 6.19. The highest BCUT2D eigenvalue weighted by Crippen LogP contribution is 2.22. The van der Waals surface area contributed by atoms with Crippen LogP contribution in [0.1, 0.15) is 16.8 Å². The van der Waals surface area contributed by atoms with Gasteiger partial charge in [0.25, 0.3) is 0 Å². The Morgan fingerprint density at radius 1 is 1.35 bits per heavy atom. The Labute approximate surface area is 157 Å². The fourth-order valence-electron chi connectivity index (χ4n) is 2.78. The largest absolute Gasteiger partial charge is 0.496 e. The Morgan fingerprint density at radius 2 is 2.15 bits per heavy atom. The van der Waals surface area contributed by atoms with E-state index in [4.69, 9.17) is 16.3 Å². The minimum absolute atomic E-state index is 0.129. The molecule has 1 aromatic carbocycles. The number of halogens is 1. The number of carbonyl (C=O) groups is 1.